The molecule has 2 aromatic carbocycles. The van der Waals surface area contributed by atoms with Crippen molar-refractivity contribution < 1.29 is 9.84 Å². The van der Waals surface area contributed by atoms with E-state index in [1.807, 2.05) is 30.5 Å². The SMILES string of the molecule is CSc1ccc(Oc2ccc(C(C)O)c(Cl)c2)cc1. The van der Waals surface area contributed by atoms with Gasteiger partial charge in [0, 0.05) is 4.90 Å². The molecule has 1 atom stereocenters. The van der Waals surface area contributed by atoms with Gasteiger partial charge in [-0.2, -0.15) is 0 Å². The van der Waals surface area contributed by atoms with Gasteiger partial charge in [-0.05, 0) is 55.1 Å². The number of rotatable bonds is 4. The summed E-state index contributed by atoms with van der Waals surface area (Å²) in [5, 5.41) is 10.0. The third-order valence-corrected chi connectivity index (χ3v) is 3.79. The van der Waals surface area contributed by atoms with Crippen molar-refractivity contribution in [2.24, 2.45) is 0 Å². The average Bonchev–Trinajstić information content (AvgIpc) is 2.39. The maximum absolute atomic E-state index is 9.52. The molecule has 2 nitrogen and oxygen atoms in total. The molecule has 0 saturated carbocycles. The summed E-state index contributed by atoms with van der Waals surface area (Å²) in [4.78, 5) is 1.19. The summed E-state index contributed by atoms with van der Waals surface area (Å²) >= 11 is 7.78. The molecule has 2 aromatic rings. The van der Waals surface area contributed by atoms with Crippen LogP contribution in [0.1, 0.15) is 18.6 Å². The topological polar surface area (TPSA) is 29.5 Å². The molecule has 0 heterocycles. The third kappa shape index (κ3) is 3.66. The number of ether oxygens (including phenoxy) is 1. The summed E-state index contributed by atoms with van der Waals surface area (Å²) < 4.78 is 5.72. The van der Waals surface area contributed by atoms with E-state index in [1.165, 1.54) is 4.90 Å². The Morgan fingerprint density at radius 2 is 1.74 bits per heavy atom. The van der Waals surface area contributed by atoms with Crippen LogP contribution < -0.4 is 4.74 Å². The van der Waals surface area contributed by atoms with Crippen molar-refractivity contribution in [3.63, 3.8) is 0 Å². The maximum Gasteiger partial charge on any atom is 0.128 e. The molecule has 4 heteroatoms. The van der Waals surface area contributed by atoms with E-state index in [9.17, 15) is 5.11 Å². The second-order valence-electron chi connectivity index (χ2n) is 4.14. The molecule has 0 aliphatic heterocycles. The summed E-state index contributed by atoms with van der Waals surface area (Å²) in [5.41, 5.74) is 0.701. The van der Waals surface area contributed by atoms with E-state index in [1.54, 1.807) is 36.9 Å². The van der Waals surface area contributed by atoms with Crippen LogP contribution in [0.15, 0.2) is 47.4 Å². The number of thioether (sulfide) groups is 1. The summed E-state index contributed by atoms with van der Waals surface area (Å²) in [6.45, 7) is 1.68. The minimum absolute atomic E-state index is 0.508. The number of benzene rings is 2. The molecule has 2 rings (SSSR count). The van der Waals surface area contributed by atoms with Gasteiger partial charge >= 0.3 is 0 Å². The van der Waals surface area contributed by atoms with E-state index < -0.39 is 6.10 Å². The highest BCUT2D eigenvalue weighted by Gasteiger charge is 2.08. The van der Waals surface area contributed by atoms with Crippen LogP contribution in [-0.2, 0) is 0 Å². The van der Waals surface area contributed by atoms with E-state index in [0.29, 0.717) is 16.3 Å². The summed E-state index contributed by atoms with van der Waals surface area (Å²) in [7, 11) is 0. The Labute approximate surface area is 122 Å². The second kappa shape index (κ2) is 6.33. The van der Waals surface area contributed by atoms with Crippen molar-refractivity contribution in [3.8, 4) is 11.5 Å². The molecular formula is C15H15ClO2S. The highest BCUT2D eigenvalue weighted by atomic mass is 35.5. The van der Waals surface area contributed by atoms with Gasteiger partial charge in [0.1, 0.15) is 11.5 Å². The molecule has 0 saturated heterocycles. The van der Waals surface area contributed by atoms with E-state index in [4.69, 9.17) is 16.3 Å². The van der Waals surface area contributed by atoms with Crippen molar-refractivity contribution in [1.82, 2.24) is 0 Å². The summed E-state index contributed by atoms with van der Waals surface area (Å²) in [5.74, 6) is 1.42. The molecule has 0 aromatic heterocycles. The number of hydrogen-bond donors (Lipinski definition) is 1. The molecule has 19 heavy (non-hydrogen) atoms. The maximum atomic E-state index is 9.52. The lowest BCUT2D eigenvalue weighted by Gasteiger charge is -2.10. The summed E-state index contributed by atoms with van der Waals surface area (Å²) in [6, 6.07) is 13.1. The van der Waals surface area contributed by atoms with Crippen LogP contribution in [0.3, 0.4) is 0 Å². The van der Waals surface area contributed by atoms with Crippen molar-refractivity contribution in [2.45, 2.75) is 17.9 Å². The zero-order valence-corrected chi connectivity index (χ0v) is 12.3. The molecule has 0 aliphatic carbocycles. The van der Waals surface area contributed by atoms with E-state index in [-0.39, 0.29) is 0 Å². The van der Waals surface area contributed by atoms with Gasteiger partial charge in [-0.15, -0.1) is 11.8 Å². The third-order valence-electron chi connectivity index (χ3n) is 2.72. The predicted octanol–water partition coefficient (Wildman–Crippen LogP) is 4.91. The fraction of sp³-hybridized carbons (Fsp3) is 0.200. The molecule has 0 aliphatic rings. The number of aliphatic hydroxyl groups is 1. The fourth-order valence-corrected chi connectivity index (χ4v) is 2.43. The predicted molar refractivity (Wildman–Crippen MR) is 80.4 cm³/mol. The van der Waals surface area contributed by atoms with Gasteiger partial charge in [-0.3, -0.25) is 0 Å². The first-order valence-corrected chi connectivity index (χ1v) is 7.50. The lowest BCUT2D eigenvalue weighted by Crippen LogP contribution is -1.93. The molecule has 0 radical (unpaired) electrons. The molecule has 0 amide bonds. The summed E-state index contributed by atoms with van der Waals surface area (Å²) in [6.07, 6.45) is 1.45. The molecule has 1 N–H and O–H groups in total. The standard InChI is InChI=1S/C15H15ClO2S/c1-10(17)14-8-5-12(9-15(14)16)18-11-3-6-13(19-2)7-4-11/h3-10,17H,1-2H3. The van der Waals surface area contributed by atoms with E-state index >= 15 is 0 Å². The molecule has 100 valence electrons. The van der Waals surface area contributed by atoms with Gasteiger partial charge in [0.25, 0.3) is 0 Å². The lowest BCUT2D eigenvalue weighted by molar-refractivity contribution is 0.199. The highest BCUT2D eigenvalue weighted by molar-refractivity contribution is 7.98. The van der Waals surface area contributed by atoms with Crippen molar-refractivity contribution >= 4 is 23.4 Å². The van der Waals surface area contributed by atoms with Crippen LogP contribution in [0, 0.1) is 0 Å². The molecule has 0 fully saturated rings. The monoisotopic (exact) mass is 294 g/mol. The van der Waals surface area contributed by atoms with Gasteiger partial charge < -0.3 is 9.84 Å². The Morgan fingerprint density at radius 1 is 1.11 bits per heavy atom. The average molecular weight is 295 g/mol. The fourth-order valence-electron chi connectivity index (χ4n) is 1.69. The first kappa shape index (κ1) is 14.3. The van der Waals surface area contributed by atoms with Gasteiger partial charge in [-0.25, -0.2) is 0 Å². The number of hydrogen-bond acceptors (Lipinski definition) is 3. The molecular weight excluding hydrogens is 280 g/mol. The van der Waals surface area contributed by atoms with Crippen molar-refractivity contribution in [2.75, 3.05) is 6.26 Å². The smallest absolute Gasteiger partial charge is 0.128 e. The lowest BCUT2D eigenvalue weighted by atomic mass is 10.1. The van der Waals surface area contributed by atoms with Crippen molar-refractivity contribution in [3.05, 3.63) is 53.1 Å². The zero-order valence-electron chi connectivity index (χ0n) is 10.8. The van der Waals surface area contributed by atoms with Gasteiger partial charge in [0.05, 0.1) is 11.1 Å². The highest BCUT2D eigenvalue weighted by Crippen LogP contribution is 2.30. The van der Waals surface area contributed by atoms with Gasteiger partial charge in [0.15, 0.2) is 0 Å². The van der Waals surface area contributed by atoms with Crippen LogP contribution in [-0.4, -0.2) is 11.4 Å². The van der Waals surface area contributed by atoms with Crippen LogP contribution in [0.25, 0.3) is 0 Å². The normalized spacial score (nSPS) is 12.2. The Morgan fingerprint density at radius 3 is 2.26 bits per heavy atom. The Kier molecular flexibility index (Phi) is 4.75. The Balaban J connectivity index is 2.16. The van der Waals surface area contributed by atoms with Crippen LogP contribution in [0.2, 0.25) is 5.02 Å². The molecule has 1 unspecified atom stereocenters. The Bertz CT molecular complexity index is 553. The molecule has 0 bridgehead atoms. The van der Waals surface area contributed by atoms with Crippen LogP contribution >= 0.6 is 23.4 Å². The molecule has 0 spiro atoms. The minimum Gasteiger partial charge on any atom is -0.457 e. The first-order chi connectivity index (χ1) is 9.10. The van der Waals surface area contributed by atoms with E-state index in [0.717, 1.165) is 5.75 Å². The number of halogens is 1. The Hall–Kier alpha value is -1.16. The minimum atomic E-state index is -0.581. The van der Waals surface area contributed by atoms with Crippen LogP contribution in [0.5, 0.6) is 11.5 Å². The quantitative estimate of drug-likeness (QED) is 0.813. The number of aliphatic hydroxyl groups excluding tert-OH is 1. The second-order valence-corrected chi connectivity index (χ2v) is 5.42. The van der Waals surface area contributed by atoms with Gasteiger partial charge in [0.2, 0.25) is 0 Å². The van der Waals surface area contributed by atoms with E-state index in [2.05, 4.69) is 0 Å². The van der Waals surface area contributed by atoms with Crippen molar-refractivity contribution in [1.29, 1.82) is 0 Å². The van der Waals surface area contributed by atoms with Crippen LogP contribution in [0.4, 0.5) is 0 Å². The zero-order chi connectivity index (χ0) is 13.8. The largest absolute Gasteiger partial charge is 0.457 e. The van der Waals surface area contributed by atoms with Gasteiger partial charge in [-0.1, -0.05) is 17.7 Å². The first-order valence-electron chi connectivity index (χ1n) is 5.89.